The molecule has 1 aromatic carbocycles. The van der Waals surface area contributed by atoms with Crippen LogP contribution < -0.4 is 11.1 Å². The van der Waals surface area contributed by atoms with Gasteiger partial charge in [-0.15, -0.1) is 0 Å². The van der Waals surface area contributed by atoms with Crippen molar-refractivity contribution in [1.29, 1.82) is 0 Å². The SMILES string of the molecule is Nc1ccc(-c2ccc(F)cc2)nc1NC(=O)N1CC(Cc2ccccn2)C1. The molecule has 0 atom stereocenters. The minimum atomic E-state index is -0.314. The van der Waals surface area contributed by atoms with Crippen LogP contribution in [-0.4, -0.2) is 34.0 Å². The van der Waals surface area contributed by atoms with Crippen molar-refractivity contribution in [3.05, 3.63) is 72.3 Å². The van der Waals surface area contributed by atoms with E-state index >= 15 is 0 Å². The molecule has 1 saturated heterocycles. The van der Waals surface area contributed by atoms with Gasteiger partial charge in [0.25, 0.3) is 0 Å². The van der Waals surface area contributed by atoms with Gasteiger partial charge in [0.2, 0.25) is 0 Å². The summed E-state index contributed by atoms with van der Waals surface area (Å²) < 4.78 is 13.1. The van der Waals surface area contributed by atoms with Gasteiger partial charge in [0.05, 0.1) is 11.4 Å². The molecule has 2 amide bonds. The number of nitrogens with zero attached hydrogens (tertiary/aromatic N) is 3. The summed E-state index contributed by atoms with van der Waals surface area (Å²) in [4.78, 5) is 23.0. The molecule has 0 radical (unpaired) electrons. The smallest absolute Gasteiger partial charge is 0.323 e. The molecule has 0 saturated carbocycles. The molecule has 3 N–H and O–H groups in total. The van der Waals surface area contributed by atoms with Gasteiger partial charge in [-0.25, -0.2) is 14.2 Å². The number of pyridine rings is 2. The van der Waals surface area contributed by atoms with Crippen molar-refractivity contribution in [3.8, 4) is 11.3 Å². The number of rotatable bonds is 4. The van der Waals surface area contributed by atoms with E-state index in [9.17, 15) is 9.18 Å². The summed E-state index contributed by atoms with van der Waals surface area (Å²) in [7, 11) is 0. The quantitative estimate of drug-likeness (QED) is 0.728. The zero-order chi connectivity index (χ0) is 19.5. The maximum absolute atomic E-state index is 13.1. The molecular weight excluding hydrogens is 357 g/mol. The van der Waals surface area contributed by atoms with Crippen LogP contribution in [0.5, 0.6) is 0 Å². The van der Waals surface area contributed by atoms with Gasteiger partial charge in [0.15, 0.2) is 5.82 Å². The Morgan fingerprint density at radius 3 is 2.64 bits per heavy atom. The number of nitrogens with two attached hydrogens (primary N) is 1. The van der Waals surface area contributed by atoms with Gasteiger partial charge in [-0.1, -0.05) is 6.07 Å². The molecule has 0 unspecified atom stereocenters. The maximum atomic E-state index is 13.1. The highest BCUT2D eigenvalue weighted by Gasteiger charge is 2.31. The Balaban J connectivity index is 1.38. The molecule has 1 fully saturated rings. The molecule has 0 bridgehead atoms. The van der Waals surface area contributed by atoms with Crippen molar-refractivity contribution >= 4 is 17.5 Å². The molecule has 3 aromatic rings. The first-order chi connectivity index (χ1) is 13.6. The molecule has 0 aliphatic carbocycles. The summed E-state index contributed by atoms with van der Waals surface area (Å²) >= 11 is 0. The summed E-state index contributed by atoms with van der Waals surface area (Å²) in [5.74, 6) is 0.391. The van der Waals surface area contributed by atoms with Gasteiger partial charge >= 0.3 is 6.03 Å². The lowest BCUT2D eigenvalue weighted by molar-refractivity contribution is 0.130. The maximum Gasteiger partial charge on any atom is 0.323 e. The predicted octanol–water partition coefficient (Wildman–Crippen LogP) is 3.57. The van der Waals surface area contributed by atoms with Crippen molar-refractivity contribution in [2.45, 2.75) is 6.42 Å². The third kappa shape index (κ3) is 3.93. The molecule has 0 spiro atoms. The van der Waals surface area contributed by atoms with Gasteiger partial charge < -0.3 is 10.6 Å². The third-order valence-corrected chi connectivity index (χ3v) is 4.76. The van der Waals surface area contributed by atoms with Crippen LogP contribution in [0.2, 0.25) is 0 Å². The average Bonchev–Trinajstić information content (AvgIpc) is 2.67. The molecule has 3 heterocycles. The minimum Gasteiger partial charge on any atom is -0.396 e. The highest BCUT2D eigenvalue weighted by atomic mass is 19.1. The Kier molecular flexibility index (Phi) is 4.89. The summed E-state index contributed by atoms with van der Waals surface area (Å²) in [5.41, 5.74) is 8.74. The number of hydrogen-bond acceptors (Lipinski definition) is 4. The van der Waals surface area contributed by atoms with E-state index in [1.54, 1.807) is 35.4 Å². The Morgan fingerprint density at radius 2 is 1.93 bits per heavy atom. The molecule has 7 heteroatoms. The lowest BCUT2D eigenvalue weighted by Crippen LogP contribution is -2.52. The number of halogens is 1. The lowest BCUT2D eigenvalue weighted by Gasteiger charge is -2.39. The highest BCUT2D eigenvalue weighted by molar-refractivity contribution is 5.92. The fourth-order valence-corrected chi connectivity index (χ4v) is 3.21. The first-order valence-corrected chi connectivity index (χ1v) is 9.07. The first-order valence-electron chi connectivity index (χ1n) is 9.07. The zero-order valence-corrected chi connectivity index (χ0v) is 15.2. The Bertz CT molecular complexity index is 972. The lowest BCUT2D eigenvalue weighted by atomic mass is 9.95. The van der Waals surface area contributed by atoms with Crippen LogP contribution in [0.15, 0.2) is 60.8 Å². The van der Waals surface area contributed by atoms with E-state index in [1.165, 1.54) is 12.1 Å². The third-order valence-electron chi connectivity index (χ3n) is 4.76. The predicted molar refractivity (Wildman–Crippen MR) is 106 cm³/mol. The number of carbonyl (C=O) groups excluding carboxylic acids is 1. The number of anilines is 2. The van der Waals surface area contributed by atoms with Gasteiger partial charge in [0.1, 0.15) is 5.82 Å². The largest absolute Gasteiger partial charge is 0.396 e. The molecule has 1 aliphatic heterocycles. The van der Waals surface area contributed by atoms with Gasteiger partial charge in [-0.3, -0.25) is 10.3 Å². The molecular formula is C21H20FN5O. The van der Waals surface area contributed by atoms with E-state index in [4.69, 9.17) is 5.73 Å². The number of urea groups is 1. The second-order valence-corrected chi connectivity index (χ2v) is 6.87. The van der Waals surface area contributed by atoms with Crippen molar-refractivity contribution in [3.63, 3.8) is 0 Å². The standard InChI is InChI=1S/C21H20FN5O/c22-16-6-4-15(5-7-16)19-9-8-18(23)20(25-19)26-21(28)27-12-14(13-27)11-17-3-1-2-10-24-17/h1-10,14H,11-13,23H2,(H,25,26,28). The van der Waals surface area contributed by atoms with E-state index in [0.717, 1.165) is 17.7 Å². The summed E-state index contributed by atoms with van der Waals surface area (Å²) in [6, 6.07) is 15.1. The van der Waals surface area contributed by atoms with E-state index in [-0.39, 0.29) is 11.8 Å². The molecule has 6 nitrogen and oxygen atoms in total. The normalized spacial score (nSPS) is 13.8. The van der Waals surface area contributed by atoms with Crippen LogP contribution in [0.1, 0.15) is 5.69 Å². The van der Waals surface area contributed by atoms with Crippen LogP contribution in [0, 0.1) is 11.7 Å². The monoisotopic (exact) mass is 377 g/mol. The molecule has 2 aromatic heterocycles. The Morgan fingerprint density at radius 1 is 1.14 bits per heavy atom. The van der Waals surface area contributed by atoms with E-state index in [0.29, 0.717) is 36.2 Å². The van der Waals surface area contributed by atoms with E-state index < -0.39 is 0 Å². The first kappa shape index (κ1) is 17.9. The number of aromatic nitrogens is 2. The van der Waals surface area contributed by atoms with Crippen LogP contribution in [-0.2, 0) is 6.42 Å². The van der Waals surface area contributed by atoms with Crippen molar-refractivity contribution in [1.82, 2.24) is 14.9 Å². The average molecular weight is 377 g/mol. The summed E-state index contributed by atoms with van der Waals surface area (Å²) in [5, 5.41) is 2.78. The molecule has 28 heavy (non-hydrogen) atoms. The van der Waals surface area contributed by atoms with Crippen LogP contribution >= 0.6 is 0 Å². The van der Waals surface area contributed by atoms with Gasteiger partial charge in [-0.2, -0.15) is 0 Å². The highest BCUT2D eigenvalue weighted by Crippen LogP contribution is 2.25. The second kappa shape index (κ2) is 7.64. The Hall–Kier alpha value is -3.48. The van der Waals surface area contributed by atoms with Gasteiger partial charge in [0, 0.05) is 30.5 Å². The zero-order valence-electron chi connectivity index (χ0n) is 15.2. The fourth-order valence-electron chi connectivity index (χ4n) is 3.21. The number of benzene rings is 1. The summed E-state index contributed by atoms with van der Waals surface area (Å²) in [6.07, 6.45) is 2.63. The minimum absolute atomic E-state index is 0.229. The molecule has 1 aliphatic rings. The number of likely N-dealkylation sites (tertiary alicyclic amines) is 1. The van der Waals surface area contributed by atoms with Gasteiger partial charge in [-0.05, 0) is 60.9 Å². The van der Waals surface area contributed by atoms with Crippen molar-refractivity contribution < 1.29 is 9.18 Å². The molecule has 4 rings (SSSR count). The number of nitrogen functional groups attached to an aromatic ring is 1. The van der Waals surface area contributed by atoms with Crippen molar-refractivity contribution in [2.24, 2.45) is 5.92 Å². The van der Waals surface area contributed by atoms with Crippen molar-refractivity contribution in [2.75, 3.05) is 24.1 Å². The molecule has 142 valence electrons. The fraction of sp³-hybridized carbons (Fsp3) is 0.190. The number of hydrogen-bond donors (Lipinski definition) is 2. The van der Waals surface area contributed by atoms with Crippen LogP contribution in [0.4, 0.5) is 20.7 Å². The topological polar surface area (TPSA) is 84.1 Å². The summed E-state index contributed by atoms with van der Waals surface area (Å²) in [6.45, 7) is 1.33. The van der Waals surface area contributed by atoms with Crippen LogP contribution in [0.3, 0.4) is 0 Å². The van der Waals surface area contributed by atoms with E-state index in [1.807, 2.05) is 18.2 Å². The Labute approximate surface area is 162 Å². The number of nitrogens with one attached hydrogen (secondary N) is 1. The van der Waals surface area contributed by atoms with Crippen LogP contribution in [0.25, 0.3) is 11.3 Å². The second-order valence-electron chi connectivity index (χ2n) is 6.87. The number of carbonyl (C=O) groups is 1. The number of amides is 2. The van der Waals surface area contributed by atoms with E-state index in [2.05, 4.69) is 15.3 Å².